The number of nitrogens with one attached hydrogen (secondary N) is 1. The zero-order valence-electron chi connectivity index (χ0n) is 15.6. The van der Waals surface area contributed by atoms with Crippen molar-refractivity contribution in [1.82, 2.24) is 4.31 Å². The standard InChI is InChI=1S/C17H22N4O5S/c1-5-20(6-2)27(24,25)17-11-14(21(22)23)8-9-15(17)19-18-13(4)16-10-7-12(3)26-16/h7-11,19H,5-6H2,1-4H3/b18-13+. The fourth-order valence-electron chi connectivity index (χ4n) is 2.46. The molecule has 0 unspecified atom stereocenters. The molecule has 146 valence electrons. The van der Waals surface area contributed by atoms with Crippen molar-refractivity contribution >= 4 is 27.1 Å². The van der Waals surface area contributed by atoms with E-state index in [-0.39, 0.29) is 29.4 Å². The Labute approximate surface area is 157 Å². The van der Waals surface area contributed by atoms with E-state index < -0.39 is 14.9 Å². The van der Waals surface area contributed by atoms with Crippen LogP contribution < -0.4 is 5.43 Å². The third-order valence-electron chi connectivity index (χ3n) is 3.94. The maximum absolute atomic E-state index is 12.9. The maximum Gasteiger partial charge on any atom is 0.270 e. The second-order valence-corrected chi connectivity index (χ2v) is 7.65. The Morgan fingerprint density at radius 3 is 2.44 bits per heavy atom. The quantitative estimate of drug-likeness (QED) is 0.417. The second-order valence-electron chi connectivity index (χ2n) is 5.75. The summed E-state index contributed by atoms with van der Waals surface area (Å²) in [5.74, 6) is 1.26. The lowest BCUT2D eigenvalue weighted by atomic mass is 10.3. The molecule has 2 rings (SSSR count). The summed E-state index contributed by atoms with van der Waals surface area (Å²) in [5.41, 5.74) is 3.04. The van der Waals surface area contributed by atoms with Gasteiger partial charge < -0.3 is 4.42 Å². The zero-order chi connectivity index (χ0) is 20.2. The minimum absolute atomic E-state index is 0.148. The largest absolute Gasteiger partial charge is 0.460 e. The molecular formula is C17H22N4O5S. The third-order valence-corrected chi connectivity index (χ3v) is 6.03. The average molecular weight is 394 g/mol. The summed E-state index contributed by atoms with van der Waals surface area (Å²) >= 11 is 0. The minimum Gasteiger partial charge on any atom is -0.460 e. The lowest BCUT2D eigenvalue weighted by Gasteiger charge is -2.20. The van der Waals surface area contributed by atoms with Crippen molar-refractivity contribution < 1.29 is 17.8 Å². The number of hydrogen-bond donors (Lipinski definition) is 1. The number of furan rings is 1. The van der Waals surface area contributed by atoms with E-state index in [0.717, 1.165) is 11.8 Å². The molecule has 1 heterocycles. The number of non-ortho nitro benzene ring substituents is 1. The van der Waals surface area contributed by atoms with Gasteiger partial charge in [0.1, 0.15) is 22.1 Å². The molecule has 0 bridgehead atoms. The van der Waals surface area contributed by atoms with Crippen LogP contribution in [0, 0.1) is 17.0 Å². The molecule has 0 aliphatic rings. The maximum atomic E-state index is 12.9. The van der Waals surface area contributed by atoms with Crippen LogP contribution in [0.4, 0.5) is 11.4 Å². The SMILES string of the molecule is CCN(CC)S(=O)(=O)c1cc([N+](=O)[O-])ccc1N/N=C(\C)c1ccc(C)o1. The normalized spacial score (nSPS) is 12.4. The van der Waals surface area contributed by atoms with Crippen LogP contribution in [0.5, 0.6) is 0 Å². The van der Waals surface area contributed by atoms with E-state index in [4.69, 9.17) is 4.42 Å². The number of rotatable bonds is 8. The molecular weight excluding hydrogens is 372 g/mol. The summed E-state index contributed by atoms with van der Waals surface area (Å²) in [6, 6.07) is 7.14. The van der Waals surface area contributed by atoms with Crippen molar-refractivity contribution in [3.63, 3.8) is 0 Å². The van der Waals surface area contributed by atoms with Crippen LogP contribution in [-0.4, -0.2) is 36.4 Å². The molecule has 10 heteroatoms. The Hall–Kier alpha value is -2.72. The Kier molecular flexibility index (Phi) is 6.34. The van der Waals surface area contributed by atoms with Gasteiger partial charge in [-0.3, -0.25) is 15.5 Å². The van der Waals surface area contributed by atoms with Gasteiger partial charge >= 0.3 is 0 Å². The fraction of sp³-hybridized carbons (Fsp3) is 0.353. The third kappa shape index (κ3) is 4.52. The predicted molar refractivity (Wildman–Crippen MR) is 102 cm³/mol. The molecule has 0 saturated carbocycles. The highest BCUT2D eigenvalue weighted by atomic mass is 32.2. The van der Waals surface area contributed by atoms with Gasteiger partial charge in [-0.2, -0.15) is 9.41 Å². The monoisotopic (exact) mass is 394 g/mol. The Bertz CT molecular complexity index is 961. The minimum atomic E-state index is -3.92. The number of nitro groups is 1. The molecule has 0 aliphatic carbocycles. The lowest BCUT2D eigenvalue weighted by molar-refractivity contribution is -0.385. The van der Waals surface area contributed by atoms with Crippen molar-refractivity contribution in [2.24, 2.45) is 5.10 Å². The van der Waals surface area contributed by atoms with E-state index in [1.165, 1.54) is 16.4 Å². The predicted octanol–water partition coefficient (Wildman–Crippen LogP) is 3.36. The van der Waals surface area contributed by atoms with Gasteiger partial charge in [-0.05, 0) is 32.0 Å². The first-order valence-corrected chi connectivity index (χ1v) is 9.80. The highest BCUT2D eigenvalue weighted by molar-refractivity contribution is 7.89. The van der Waals surface area contributed by atoms with Crippen LogP contribution in [0.15, 0.2) is 44.7 Å². The van der Waals surface area contributed by atoms with Gasteiger partial charge in [-0.25, -0.2) is 8.42 Å². The molecule has 27 heavy (non-hydrogen) atoms. The lowest BCUT2D eigenvalue weighted by Crippen LogP contribution is -2.31. The van der Waals surface area contributed by atoms with E-state index in [0.29, 0.717) is 11.5 Å². The van der Waals surface area contributed by atoms with Crippen molar-refractivity contribution in [2.75, 3.05) is 18.5 Å². The van der Waals surface area contributed by atoms with Gasteiger partial charge in [0.2, 0.25) is 10.0 Å². The van der Waals surface area contributed by atoms with Crippen molar-refractivity contribution in [1.29, 1.82) is 0 Å². The summed E-state index contributed by atoms with van der Waals surface area (Å²) in [4.78, 5) is 10.3. The zero-order valence-corrected chi connectivity index (χ0v) is 16.4. The number of aryl methyl sites for hydroxylation is 1. The van der Waals surface area contributed by atoms with Crippen molar-refractivity contribution in [3.8, 4) is 0 Å². The summed E-state index contributed by atoms with van der Waals surface area (Å²) in [6.07, 6.45) is 0. The van der Waals surface area contributed by atoms with Crippen LogP contribution in [0.3, 0.4) is 0 Å². The first-order chi connectivity index (χ1) is 12.7. The molecule has 9 nitrogen and oxygen atoms in total. The molecule has 1 aromatic heterocycles. The van der Waals surface area contributed by atoms with Gasteiger partial charge in [-0.1, -0.05) is 13.8 Å². The molecule has 1 N–H and O–H groups in total. The molecule has 0 spiro atoms. The summed E-state index contributed by atoms with van der Waals surface area (Å²) < 4.78 is 32.5. The Balaban J connectivity index is 2.48. The number of nitro benzene ring substituents is 1. The number of hydrogen-bond acceptors (Lipinski definition) is 7. The van der Waals surface area contributed by atoms with E-state index in [1.807, 2.05) is 0 Å². The number of benzene rings is 1. The van der Waals surface area contributed by atoms with Gasteiger partial charge in [0.15, 0.2) is 0 Å². The van der Waals surface area contributed by atoms with E-state index in [1.54, 1.807) is 39.8 Å². The van der Waals surface area contributed by atoms with Crippen LogP contribution in [0.25, 0.3) is 0 Å². The molecule has 0 radical (unpaired) electrons. The second kappa shape index (κ2) is 8.31. The van der Waals surface area contributed by atoms with Crippen LogP contribution >= 0.6 is 0 Å². The van der Waals surface area contributed by atoms with E-state index >= 15 is 0 Å². The number of sulfonamides is 1. The van der Waals surface area contributed by atoms with Crippen molar-refractivity contribution in [3.05, 3.63) is 52.0 Å². The van der Waals surface area contributed by atoms with Crippen LogP contribution in [0.2, 0.25) is 0 Å². The Morgan fingerprint density at radius 1 is 1.26 bits per heavy atom. The smallest absolute Gasteiger partial charge is 0.270 e. The molecule has 0 atom stereocenters. The molecule has 0 aliphatic heterocycles. The summed E-state index contributed by atoms with van der Waals surface area (Å²) in [6.45, 7) is 7.40. The molecule has 1 aromatic carbocycles. The number of hydrazone groups is 1. The Morgan fingerprint density at radius 2 is 1.93 bits per heavy atom. The van der Waals surface area contributed by atoms with Crippen LogP contribution in [-0.2, 0) is 10.0 Å². The molecule has 0 amide bonds. The van der Waals surface area contributed by atoms with E-state index in [2.05, 4.69) is 10.5 Å². The molecule has 0 fully saturated rings. The first-order valence-electron chi connectivity index (χ1n) is 8.36. The fourth-order valence-corrected chi connectivity index (χ4v) is 4.08. The first kappa shape index (κ1) is 20.6. The van der Waals surface area contributed by atoms with E-state index in [9.17, 15) is 18.5 Å². The summed E-state index contributed by atoms with van der Waals surface area (Å²) in [5, 5.41) is 15.2. The molecule has 2 aromatic rings. The number of nitrogens with zero attached hydrogens (tertiary/aromatic N) is 3. The van der Waals surface area contributed by atoms with Gasteiger partial charge in [0.05, 0.1) is 10.6 Å². The average Bonchev–Trinajstić information content (AvgIpc) is 3.06. The highest BCUT2D eigenvalue weighted by Gasteiger charge is 2.27. The highest BCUT2D eigenvalue weighted by Crippen LogP contribution is 2.29. The van der Waals surface area contributed by atoms with Gasteiger partial charge in [0, 0.05) is 25.2 Å². The van der Waals surface area contributed by atoms with Crippen LogP contribution in [0.1, 0.15) is 32.3 Å². The molecule has 0 saturated heterocycles. The van der Waals surface area contributed by atoms with Crippen molar-refractivity contribution in [2.45, 2.75) is 32.6 Å². The van der Waals surface area contributed by atoms with Gasteiger partial charge in [-0.15, -0.1) is 0 Å². The number of anilines is 1. The summed E-state index contributed by atoms with van der Waals surface area (Å²) in [7, 11) is -3.92. The van der Waals surface area contributed by atoms with Gasteiger partial charge in [0.25, 0.3) is 5.69 Å². The topological polar surface area (TPSA) is 118 Å².